The number of nitrogens with two attached hydrogens (primary N) is 2. The van der Waals surface area contributed by atoms with Crippen LogP contribution in [0.1, 0.15) is 36.5 Å². The molecule has 0 bridgehead atoms. The number of carbonyl (C=O) groups excluding carboxylic acids is 1. The first kappa shape index (κ1) is 27.6. The molecule has 0 saturated heterocycles. The molecular formula is C33H34N4O4. The molecule has 1 atom stereocenters. The average Bonchev–Trinajstić information content (AvgIpc) is 2.96. The van der Waals surface area contributed by atoms with Crippen LogP contribution in [-0.2, 0) is 11.2 Å². The molecule has 8 heteroatoms. The van der Waals surface area contributed by atoms with Crippen molar-refractivity contribution in [2.24, 2.45) is 16.5 Å². The van der Waals surface area contributed by atoms with E-state index in [1.165, 1.54) is 6.08 Å². The molecule has 4 aromatic rings. The number of phenols is 1. The minimum atomic E-state index is -0.384. The van der Waals surface area contributed by atoms with Crippen LogP contribution in [0.25, 0.3) is 16.8 Å². The molecule has 0 aliphatic carbocycles. The lowest BCUT2D eigenvalue weighted by Crippen LogP contribution is -2.38. The quantitative estimate of drug-likeness (QED) is 0.122. The molecular weight excluding hydrogens is 516 g/mol. The van der Waals surface area contributed by atoms with Gasteiger partial charge in [-0.2, -0.15) is 0 Å². The lowest BCUT2D eigenvalue weighted by molar-refractivity contribution is -0.111. The zero-order chi connectivity index (χ0) is 29.0. The van der Waals surface area contributed by atoms with Crippen molar-refractivity contribution in [2.45, 2.75) is 38.7 Å². The fraction of sp³-hybridized carbons (Fsp3) is 0.212. The van der Waals surface area contributed by atoms with Crippen molar-refractivity contribution in [1.29, 1.82) is 0 Å². The number of nitrogens with zero attached hydrogens (tertiary/aromatic N) is 1. The minimum absolute atomic E-state index is 0.00536. The second-order valence-electron chi connectivity index (χ2n) is 10.5. The molecule has 6 N–H and O–H groups in total. The van der Waals surface area contributed by atoms with Crippen LogP contribution in [0.2, 0.25) is 0 Å². The van der Waals surface area contributed by atoms with Gasteiger partial charge >= 0.3 is 0 Å². The van der Waals surface area contributed by atoms with E-state index in [1.54, 1.807) is 18.2 Å². The van der Waals surface area contributed by atoms with Crippen LogP contribution < -0.4 is 26.3 Å². The average molecular weight is 551 g/mol. The fourth-order valence-corrected chi connectivity index (χ4v) is 5.03. The van der Waals surface area contributed by atoms with Gasteiger partial charge < -0.3 is 31.4 Å². The van der Waals surface area contributed by atoms with Crippen molar-refractivity contribution >= 4 is 40.1 Å². The topological polar surface area (TPSA) is 132 Å². The van der Waals surface area contributed by atoms with Crippen LogP contribution in [-0.4, -0.2) is 29.2 Å². The van der Waals surface area contributed by atoms with Gasteiger partial charge in [-0.15, -0.1) is 0 Å². The van der Waals surface area contributed by atoms with Crippen LogP contribution >= 0.6 is 0 Å². The predicted molar refractivity (Wildman–Crippen MR) is 164 cm³/mol. The highest BCUT2D eigenvalue weighted by Crippen LogP contribution is 2.45. The zero-order valence-electron chi connectivity index (χ0n) is 23.2. The highest BCUT2D eigenvalue weighted by atomic mass is 16.5. The predicted octanol–water partition coefficient (Wildman–Crippen LogP) is 5.96. The molecule has 1 aliphatic rings. The van der Waals surface area contributed by atoms with Crippen molar-refractivity contribution in [3.8, 4) is 17.2 Å². The number of amides is 1. The monoisotopic (exact) mass is 550 g/mol. The van der Waals surface area contributed by atoms with Crippen molar-refractivity contribution < 1.29 is 19.4 Å². The van der Waals surface area contributed by atoms with E-state index in [0.717, 1.165) is 46.1 Å². The van der Waals surface area contributed by atoms with Crippen molar-refractivity contribution in [3.63, 3.8) is 0 Å². The highest BCUT2D eigenvalue weighted by molar-refractivity contribution is 6.02. The fourth-order valence-electron chi connectivity index (χ4n) is 5.03. The summed E-state index contributed by atoms with van der Waals surface area (Å²) in [5, 5.41) is 15.3. The van der Waals surface area contributed by atoms with E-state index in [9.17, 15) is 9.90 Å². The Bertz CT molecular complexity index is 1620. The lowest BCUT2D eigenvalue weighted by atomic mass is 9.86. The van der Waals surface area contributed by atoms with Crippen LogP contribution in [0, 0.1) is 6.92 Å². The number of fused-ring (bicyclic) bond motifs is 3. The molecule has 1 aliphatic heterocycles. The van der Waals surface area contributed by atoms with Gasteiger partial charge in [0.25, 0.3) is 0 Å². The van der Waals surface area contributed by atoms with E-state index in [2.05, 4.69) is 17.2 Å². The van der Waals surface area contributed by atoms with Gasteiger partial charge in [0.15, 0.2) is 5.96 Å². The lowest BCUT2D eigenvalue weighted by Gasteiger charge is -2.37. The summed E-state index contributed by atoms with van der Waals surface area (Å²) in [4.78, 5) is 16.3. The second kappa shape index (κ2) is 11.6. The maximum Gasteiger partial charge on any atom is 0.248 e. The number of aliphatic imine (C=N–C) groups is 1. The minimum Gasteiger partial charge on any atom is -0.507 e. The van der Waals surface area contributed by atoms with E-state index < -0.39 is 0 Å². The molecule has 8 nitrogen and oxygen atoms in total. The molecule has 0 spiro atoms. The van der Waals surface area contributed by atoms with Crippen LogP contribution in [0.3, 0.4) is 0 Å². The normalized spacial score (nSPS) is 16.1. The van der Waals surface area contributed by atoms with Crippen molar-refractivity contribution in [1.82, 2.24) is 0 Å². The van der Waals surface area contributed by atoms with Crippen LogP contribution in [0.15, 0.2) is 83.9 Å². The Morgan fingerprint density at radius 2 is 1.78 bits per heavy atom. The van der Waals surface area contributed by atoms with Gasteiger partial charge in [-0.3, -0.25) is 4.79 Å². The number of nitrogens with one attached hydrogen (secondary N) is 1. The third-order valence-corrected chi connectivity index (χ3v) is 7.36. The molecule has 1 heterocycles. The summed E-state index contributed by atoms with van der Waals surface area (Å²) in [7, 11) is 0. The number of guanidine groups is 1. The Kier molecular flexibility index (Phi) is 7.83. The third-order valence-electron chi connectivity index (χ3n) is 7.36. The first-order valence-corrected chi connectivity index (χ1v) is 13.5. The Morgan fingerprint density at radius 3 is 2.49 bits per heavy atom. The molecule has 210 valence electrons. The van der Waals surface area contributed by atoms with Gasteiger partial charge in [-0.1, -0.05) is 36.4 Å². The summed E-state index contributed by atoms with van der Waals surface area (Å²) in [6.45, 7) is 4.55. The standard InChI is InChI=1S/C33H34N4O4/c1-21-26-17-18-33(2,41-31(26)28-6-4-3-5-27(28)30(21)39)19-20-40-25-14-12-23(13-15-25)36-29(38)16-9-22-7-10-24(11-8-22)37-32(34)35/h3-16,39H,17-20H2,1-2H3,(H,36,38)(H4,34,35,37). The van der Waals surface area contributed by atoms with Gasteiger partial charge in [0.1, 0.15) is 22.8 Å². The van der Waals surface area contributed by atoms with E-state index in [4.69, 9.17) is 20.9 Å². The number of aromatic hydroxyl groups is 1. The number of ether oxygens (including phenoxy) is 2. The first-order chi connectivity index (χ1) is 19.7. The Hall–Kier alpha value is -4.98. The molecule has 1 amide bonds. The van der Waals surface area contributed by atoms with Gasteiger partial charge in [0, 0.05) is 34.5 Å². The smallest absolute Gasteiger partial charge is 0.248 e. The Morgan fingerprint density at radius 1 is 1.07 bits per heavy atom. The molecule has 0 aromatic heterocycles. The first-order valence-electron chi connectivity index (χ1n) is 13.5. The third kappa shape index (κ3) is 6.44. The maximum atomic E-state index is 12.4. The number of hydrogen-bond donors (Lipinski definition) is 4. The largest absolute Gasteiger partial charge is 0.507 e. The molecule has 1 unspecified atom stereocenters. The number of anilines is 1. The molecule has 5 rings (SSSR count). The second-order valence-corrected chi connectivity index (χ2v) is 10.5. The molecule has 41 heavy (non-hydrogen) atoms. The molecule has 0 radical (unpaired) electrons. The van der Waals surface area contributed by atoms with Crippen molar-refractivity contribution in [2.75, 3.05) is 11.9 Å². The highest BCUT2D eigenvalue weighted by Gasteiger charge is 2.34. The number of phenolic OH excluding ortho intramolecular Hbond substituents is 1. The number of benzene rings is 4. The zero-order valence-corrected chi connectivity index (χ0v) is 23.2. The van der Waals surface area contributed by atoms with E-state index in [0.29, 0.717) is 35.9 Å². The van der Waals surface area contributed by atoms with Crippen LogP contribution in [0.4, 0.5) is 11.4 Å². The molecule has 4 aromatic carbocycles. The molecule has 0 fully saturated rings. The summed E-state index contributed by atoms with van der Waals surface area (Å²) >= 11 is 0. The van der Waals surface area contributed by atoms with Crippen molar-refractivity contribution in [3.05, 3.63) is 95.6 Å². The SMILES string of the molecule is Cc1c2c(c3ccccc3c1O)OC(C)(CCOc1ccc(NC(=O)C=Cc3ccc(N=C(N)N)cc3)cc1)CC2. The molecule has 0 saturated carbocycles. The number of rotatable bonds is 8. The maximum absolute atomic E-state index is 12.4. The summed E-state index contributed by atoms with van der Waals surface area (Å²) in [5.74, 6) is 1.66. The van der Waals surface area contributed by atoms with E-state index >= 15 is 0 Å². The van der Waals surface area contributed by atoms with Gasteiger partial charge in [0.05, 0.1) is 12.3 Å². The number of carbonyl (C=O) groups is 1. The van der Waals surface area contributed by atoms with Crippen LogP contribution in [0.5, 0.6) is 17.2 Å². The summed E-state index contributed by atoms with van der Waals surface area (Å²) in [5.41, 5.74) is 14.5. The van der Waals surface area contributed by atoms with E-state index in [-0.39, 0.29) is 17.5 Å². The summed E-state index contributed by atoms with van der Waals surface area (Å²) in [6.07, 6.45) is 5.56. The van der Waals surface area contributed by atoms with Gasteiger partial charge in [-0.05, 0) is 80.3 Å². The Labute approximate surface area is 239 Å². The Balaban J connectivity index is 1.14. The van der Waals surface area contributed by atoms with Gasteiger partial charge in [-0.25, -0.2) is 4.99 Å². The number of hydrogen-bond acceptors (Lipinski definition) is 5. The summed E-state index contributed by atoms with van der Waals surface area (Å²) < 4.78 is 12.6. The summed E-state index contributed by atoms with van der Waals surface area (Å²) in [6, 6.07) is 22.3. The van der Waals surface area contributed by atoms with Gasteiger partial charge in [0.2, 0.25) is 5.91 Å². The van der Waals surface area contributed by atoms with E-state index in [1.807, 2.05) is 67.6 Å².